The first-order valence-electron chi connectivity index (χ1n) is 8.77. The van der Waals surface area contributed by atoms with Gasteiger partial charge >= 0.3 is 0 Å². The number of piperidine rings is 1. The Kier molecular flexibility index (Phi) is 6.66. The molecular weight excluding hydrogens is 232 g/mol. The Morgan fingerprint density at radius 2 is 1.84 bits per heavy atom. The first-order valence-corrected chi connectivity index (χ1v) is 8.77. The van der Waals surface area contributed by atoms with Gasteiger partial charge in [0, 0.05) is 12.6 Å². The van der Waals surface area contributed by atoms with E-state index in [-0.39, 0.29) is 0 Å². The fourth-order valence-corrected chi connectivity index (χ4v) is 3.28. The van der Waals surface area contributed by atoms with Gasteiger partial charge in [-0.25, -0.2) is 0 Å². The predicted octanol–water partition coefficient (Wildman–Crippen LogP) is 3.67. The second kappa shape index (κ2) is 8.26. The summed E-state index contributed by atoms with van der Waals surface area (Å²) in [4.78, 5) is 2.73. The van der Waals surface area contributed by atoms with Gasteiger partial charge in [-0.05, 0) is 63.6 Å². The number of hydrogen-bond acceptors (Lipinski definition) is 2. The zero-order chi connectivity index (χ0) is 13.5. The maximum Gasteiger partial charge on any atom is 0.00683 e. The lowest BCUT2D eigenvalue weighted by Gasteiger charge is -2.34. The van der Waals surface area contributed by atoms with Gasteiger partial charge in [-0.1, -0.05) is 33.1 Å². The molecule has 1 aliphatic carbocycles. The van der Waals surface area contributed by atoms with Crippen LogP contribution in [0.25, 0.3) is 0 Å². The topological polar surface area (TPSA) is 15.3 Å². The number of rotatable bonds is 9. The van der Waals surface area contributed by atoms with Gasteiger partial charge in [0.2, 0.25) is 0 Å². The predicted molar refractivity (Wildman–Crippen MR) is 83.5 cm³/mol. The van der Waals surface area contributed by atoms with Gasteiger partial charge in [0.15, 0.2) is 0 Å². The van der Waals surface area contributed by atoms with Crippen LogP contribution < -0.4 is 5.32 Å². The molecule has 2 aliphatic rings. The fourth-order valence-electron chi connectivity index (χ4n) is 3.28. The minimum absolute atomic E-state index is 0.886. The number of nitrogens with zero attached hydrogens (tertiary/aromatic N) is 1. The lowest BCUT2D eigenvalue weighted by atomic mass is 9.94. The van der Waals surface area contributed by atoms with Crippen LogP contribution in [0.2, 0.25) is 0 Å². The van der Waals surface area contributed by atoms with E-state index in [1.807, 2.05) is 0 Å². The van der Waals surface area contributed by atoms with Gasteiger partial charge in [-0.3, -0.25) is 0 Å². The molecule has 1 saturated heterocycles. The zero-order valence-corrected chi connectivity index (χ0v) is 13.2. The summed E-state index contributed by atoms with van der Waals surface area (Å²) in [6.07, 6.45) is 11.3. The van der Waals surface area contributed by atoms with Crippen molar-refractivity contribution in [2.24, 2.45) is 11.8 Å². The van der Waals surface area contributed by atoms with Crippen LogP contribution in [0.5, 0.6) is 0 Å². The van der Waals surface area contributed by atoms with Gasteiger partial charge < -0.3 is 10.2 Å². The van der Waals surface area contributed by atoms with Crippen LogP contribution in [-0.2, 0) is 0 Å². The molecule has 1 saturated carbocycles. The molecule has 2 rings (SSSR count). The summed E-state index contributed by atoms with van der Waals surface area (Å²) in [5.41, 5.74) is 0. The third-order valence-corrected chi connectivity index (χ3v) is 5.04. The summed E-state index contributed by atoms with van der Waals surface area (Å²) in [6, 6.07) is 0.886. The van der Waals surface area contributed by atoms with Gasteiger partial charge in [0.25, 0.3) is 0 Å². The second-order valence-electron chi connectivity index (χ2n) is 6.84. The molecule has 2 heteroatoms. The van der Waals surface area contributed by atoms with E-state index in [0.29, 0.717) is 0 Å². The van der Waals surface area contributed by atoms with Crippen molar-refractivity contribution in [3.05, 3.63) is 0 Å². The Bertz CT molecular complexity index is 229. The Balaban J connectivity index is 1.58. The van der Waals surface area contributed by atoms with E-state index in [1.54, 1.807) is 0 Å². The van der Waals surface area contributed by atoms with Gasteiger partial charge in [-0.2, -0.15) is 0 Å². The first-order chi connectivity index (χ1) is 9.31. The maximum absolute atomic E-state index is 3.70. The summed E-state index contributed by atoms with van der Waals surface area (Å²) in [7, 11) is 0. The number of unbranched alkanes of at least 4 members (excludes halogenated alkanes) is 1. The molecule has 1 atom stereocenters. The standard InChI is InChI=1S/C17H34N2/c1-3-5-6-15(4-2)14-19-11-9-16(10-12-19)13-18-17-7-8-17/h15-18H,3-14H2,1-2H3. The van der Waals surface area contributed by atoms with Crippen molar-refractivity contribution >= 4 is 0 Å². The highest BCUT2D eigenvalue weighted by molar-refractivity contribution is 4.83. The summed E-state index contributed by atoms with van der Waals surface area (Å²) in [6.45, 7) is 10.0. The van der Waals surface area contributed by atoms with Crippen molar-refractivity contribution in [1.29, 1.82) is 0 Å². The molecule has 2 nitrogen and oxygen atoms in total. The molecule has 2 fully saturated rings. The zero-order valence-electron chi connectivity index (χ0n) is 13.2. The van der Waals surface area contributed by atoms with Crippen molar-refractivity contribution in [3.8, 4) is 0 Å². The number of hydrogen-bond donors (Lipinski definition) is 1. The SMILES string of the molecule is CCCCC(CC)CN1CCC(CNC2CC2)CC1. The molecule has 0 amide bonds. The summed E-state index contributed by atoms with van der Waals surface area (Å²) in [5.74, 6) is 1.90. The molecule has 0 aromatic carbocycles. The van der Waals surface area contributed by atoms with Crippen LogP contribution >= 0.6 is 0 Å². The van der Waals surface area contributed by atoms with Crippen molar-refractivity contribution in [1.82, 2.24) is 10.2 Å². The molecule has 0 aromatic heterocycles. The Morgan fingerprint density at radius 3 is 2.42 bits per heavy atom. The van der Waals surface area contributed by atoms with Crippen LogP contribution in [0.1, 0.15) is 65.2 Å². The molecule has 1 N–H and O–H groups in total. The fraction of sp³-hybridized carbons (Fsp3) is 1.00. The van der Waals surface area contributed by atoms with Crippen molar-refractivity contribution in [2.45, 2.75) is 71.3 Å². The quantitative estimate of drug-likeness (QED) is 0.685. The first kappa shape index (κ1) is 15.3. The minimum atomic E-state index is 0.886. The van der Waals surface area contributed by atoms with E-state index < -0.39 is 0 Å². The summed E-state index contributed by atoms with van der Waals surface area (Å²) in [5, 5.41) is 3.70. The van der Waals surface area contributed by atoms with Crippen LogP contribution in [0.3, 0.4) is 0 Å². The Labute approximate surface area is 120 Å². The smallest absolute Gasteiger partial charge is 0.00683 e. The molecule has 0 bridgehead atoms. The van der Waals surface area contributed by atoms with E-state index in [9.17, 15) is 0 Å². The second-order valence-corrected chi connectivity index (χ2v) is 6.84. The van der Waals surface area contributed by atoms with E-state index >= 15 is 0 Å². The molecule has 0 spiro atoms. The van der Waals surface area contributed by atoms with Gasteiger partial charge in [0.05, 0.1) is 0 Å². The molecule has 19 heavy (non-hydrogen) atoms. The number of nitrogens with one attached hydrogen (secondary N) is 1. The van der Waals surface area contributed by atoms with Crippen LogP contribution in [-0.4, -0.2) is 37.1 Å². The average molecular weight is 266 g/mol. The summed E-state index contributed by atoms with van der Waals surface area (Å²) < 4.78 is 0. The highest BCUT2D eigenvalue weighted by atomic mass is 15.1. The maximum atomic E-state index is 3.70. The minimum Gasteiger partial charge on any atom is -0.314 e. The molecule has 0 radical (unpaired) electrons. The highest BCUT2D eigenvalue weighted by Gasteiger charge is 2.24. The molecular formula is C17H34N2. The van der Waals surface area contributed by atoms with Crippen molar-refractivity contribution < 1.29 is 0 Å². The van der Waals surface area contributed by atoms with Crippen molar-refractivity contribution in [3.63, 3.8) is 0 Å². The Hall–Kier alpha value is -0.0800. The van der Waals surface area contributed by atoms with Crippen LogP contribution in [0.15, 0.2) is 0 Å². The highest BCUT2D eigenvalue weighted by Crippen LogP contribution is 2.23. The van der Waals surface area contributed by atoms with E-state index in [1.165, 1.54) is 77.5 Å². The average Bonchev–Trinajstić information content (AvgIpc) is 3.26. The third-order valence-electron chi connectivity index (χ3n) is 5.04. The van der Waals surface area contributed by atoms with Gasteiger partial charge in [0.1, 0.15) is 0 Å². The molecule has 1 unspecified atom stereocenters. The van der Waals surface area contributed by atoms with E-state index in [0.717, 1.165) is 17.9 Å². The lowest BCUT2D eigenvalue weighted by Crippen LogP contribution is -2.39. The summed E-state index contributed by atoms with van der Waals surface area (Å²) >= 11 is 0. The Morgan fingerprint density at radius 1 is 1.11 bits per heavy atom. The lowest BCUT2D eigenvalue weighted by molar-refractivity contribution is 0.153. The molecule has 1 heterocycles. The monoisotopic (exact) mass is 266 g/mol. The molecule has 0 aromatic rings. The molecule has 112 valence electrons. The van der Waals surface area contributed by atoms with Crippen molar-refractivity contribution in [2.75, 3.05) is 26.2 Å². The van der Waals surface area contributed by atoms with Gasteiger partial charge in [-0.15, -0.1) is 0 Å². The molecule has 1 aliphatic heterocycles. The normalized spacial score (nSPS) is 23.7. The van der Waals surface area contributed by atoms with E-state index in [2.05, 4.69) is 24.1 Å². The van der Waals surface area contributed by atoms with Crippen LogP contribution in [0.4, 0.5) is 0 Å². The van der Waals surface area contributed by atoms with E-state index in [4.69, 9.17) is 0 Å². The largest absolute Gasteiger partial charge is 0.314 e. The third kappa shape index (κ3) is 5.83. The number of likely N-dealkylation sites (tertiary alicyclic amines) is 1. The van der Waals surface area contributed by atoms with Crippen LogP contribution in [0, 0.1) is 11.8 Å².